The van der Waals surface area contributed by atoms with Gasteiger partial charge in [-0.3, -0.25) is 0 Å². The van der Waals surface area contributed by atoms with Crippen molar-refractivity contribution in [1.29, 1.82) is 0 Å². The van der Waals surface area contributed by atoms with Crippen LogP contribution in [0.3, 0.4) is 0 Å². The summed E-state index contributed by atoms with van der Waals surface area (Å²) in [5.74, 6) is 1.06. The number of rotatable bonds is 3. The minimum atomic E-state index is 0.499. The van der Waals surface area contributed by atoms with E-state index in [4.69, 9.17) is 0 Å². The Morgan fingerprint density at radius 1 is 1.12 bits per heavy atom. The van der Waals surface area contributed by atoms with Crippen LogP contribution in [0.4, 0.5) is 0 Å². The third kappa shape index (κ3) is 2.17. The molecule has 2 aromatic rings. The third-order valence-electron chi connectivity index (χ3n) is 3.50. The Hall–Kier alpha value is -1.44. The highest BCUT2D eigenvalue weighted by Gasteiger charge is 2.13. The maximum absolute atomic E-state index is 4.47. The predicted molar refractivity (Wildman–Crippen MR) is 72.3 cm³/mol. The van der Waals surface area contributed by atoms with Gasteiger partial charge in [0.2, 0.25) is 0 Å². The Balaban J connectivity index is 2.70. The van der Waals surface area contributed by atoms with E-state index < -0.39 is 0 Å². The lowest BCUT2D eigenvalue weighted by Crippen LogP contribution is -1.99. The van der Waals surface area contributed by atoms with Crippen molar-refractivity contribution >= 4 is 10.9 Å². The SMILES string of the molecule is CCC(C)c1ccc(C(C)C)c2ncncc12. The van der Waals surface area contributed by atoms with Crippen molar-refractivity contribution in [3.63, 3.8) is 0 Å². The lowest BCUT2D eigenvalue weighted by atomic mass is 9.91. The van der Waals surface area contributed by atoms with Crippen LogP contribution in [0.15, 0.2) is 24.7 Å². The number of hydrogen-bond acceptors (Lipinski definition) is 2. The lowest BCUT2D eigenvalue weighted by Gasteiger charge is -2.15. The van der Waals surface area contributed by atoms with E-state index in [9.17, 15) is 0 Å². The van der Waals surface area contributed by atoms with Crippen LogP contribution >= 0.6 is 0 Å². The van der Waals surface area contributed by atoms with E-state index in [1.807, 2.05) is 6.20 Å². The molecule has 0 spiro atoms. The molecule has 17 heavy (non-hydrogen) atoms. The van der Waals surface area contributed by atoms with Crippen molar-refractivity contribution in [3.8, 4) is 0 Å². The smallest absolute Gasteiger partial charge is 0.116 e. The molecule has 0 aliphatic rings. The molecule has 1 atom stereocenters. The van der Waals surface area contributed by atoms with Crippen molar-refractivity contribution in [2.24, 2.45) is 0 Å². The van der Waals surface area contributed by atoms with Crippen molar-refractivity contribution in [3.05, 3.63) is 35.8 Å². The molecule has 0 bridgehead atoms. The monoisotopic (exact) mass is 228 g/mol. The van der Waals surface area contributed by atoms with Gasteiger partial charge in [0.15, 0.2) is 0 Å². The molecule has 0 fully saturated rings. The summed E-state index contributed by atoms with van der Waals surface area (Å²) in [7, 11) is 0. The van der Waals surface area contributed by atoms with E-state index in [1.165, 1.54) is 16.5 Å². The molecule has 0 saturated heterocycles. The van der Waals surface area contributed by atoms with Gasteiger partial charge in [-0.15, -0.1) is 0 Å². The fourth-order valence-corrected chi connectivity index (χ4v) is 2.23. The molecule has 0 amide bonds. The topological polar surface area (TPSA) is 25.8 Å². The lowest BCUT2D eigenvalue weighted by molar-refractivity contribution is 0.738. The maximum atomic E-state index is 4.47. The average Bonchev–Trinajstić information content (AvgIpc) is 2.36. The van der Waals surface area contributed by atoms with E-state index in [0.29, 0.717) is 11.8 Å². The van der Waals surface area contributed by atoms with E-state index in [-0.39, 0.29) is 0 Å². The van der Waals surface area contributed by atoms with Crippen molar-refractivity contribution in [2.45, 2.75) is 46.0 Å². The molecule has 0 N–H and O–H groups in total. The zero-order valence-corrected chi connectivity index (χ0v) is 11.1. The van der Waals surface area contributed by atoms with Gasteiger partial charge in [-0.2, -0.15) is 0 Å². The first kappa shape index (κ1) is 12.0. The minimum Gasteiger partial charge on any atom is -0.244 e. The molecule has 1 heterocycles. The zero-order chi connectivity index (χ0) is 12.4. The Morgan fingerprint density at radius 3 is 2.47 bits per heavy atom. The molecule has 0 saturated carbocycles. The summed E-state index contributed by atoms with van der Waals surface area (Å²) in [6.07, 6.45) is 4.75. The second kappa shape index (κ2) is 4.82. The molecule has 1 unspecified atom stereocenters. The van der Waals surface area contributed by atoms with Crippen LogP contribution in [-0.4, -0.2) is 9.97 Å². The van der Waals surface area contributed by atoms with Crippen LogP contribution < -0.4 is 0 Å². The summed E-state index contributed by atoms with van der Waals surface area (Å²) in [6, 6.07) is 4.47. The number of benzene rings is 1. The van der Waals surface area contributed by atoms with Gasteiger partial charge < -0.3 is 0 Å². The van der Waals surface area contributed by atoms with Crippen LogP contribution in [-0.2, 0) is 0 Å². The van der Waals surface area contributed by atoms with E-state index in [1.54, 1.807) is 6.33 Å². The van der Waals surface area contributed by atoms with Crippen LogP contribution in [0.2, 0.25) is 0 Å². The molecule has 0 radical (unpaired) electrons. The highest BCUT2D eigenvalue weighted by atomic mass is 14.8. The Morgan fingerprint density at radius 2 is 1.82 bits per heavy atom. The van der Waals surface area contributed by atoms with Gasteiger partial charge >= 0.3 is 0 Å². The van der Waals surface area contributed by atoms with E-state index in [2.05, 4.69) is 49.8 Å². The molecule has 1 aromatic heterocycles. The molecule has 1 aromatic carbocycles. The first-order chi connectivity index (χ1) is 8.15. The second-order valence-corrected chi connectivity index (χ2v) is 4.99. The van der Waals surface area contributed by atoms with Crippen molar-refractivity contribution < 1.29 is 0 Å². The summed E-state index contributed by atoms with van der Waals surface area (Å²) in [5.41, 5.74) is 3.80. The number of nitrogens with zero attached hydrogens (tertiary/aromatic N) is 2. The van der Waals surface area contributed by atoms with Gasteiger partial charge in [0.05, 0.1) is 5.52 Å². The first-order valence-electron chi connectivity index (χ1n) is 6.37. The average molecular weight is 228 g/mol. The van der Waals surface area contributed by atoms with Crippen LogP contribution in [0, 0.1) is 0 Å². The van der Waals surface area contributed by atoms with Gasteiger partial charge in [0.25, 0.3) is 0 Å². The third-order valence-corrected chi connectivity index (χ3v) is 3.50. The number of hydrogen-bond donors (Lipinski definition) is 0. The molecule has 2 rings (SSSR count). The largest absolute Gasteiger partial charge is 0.244 e. The van der Waals surface area contributed by atoms with Gasteiger partial charge in [0.1, 0.15) is 6.33 Å². The molecular weight excluding hydrogens is 208 g/mol. The summed E-state index contributed by atoms with van der Waals surface area (Å²) < 4.78 is 0. The second-order valence-electron chi connectivity index (χ2n) is 4.99. The summed E-state index contributed by atoms with van der Waals surface area (Å²) in [6.45, 7) is 8.90. The summed E-state index contributed by atoms with van der Waals surface area (Å²) in [4.78, 5) is 8.65. The predicted octanol–water partition coefficient (Wildman–Crippen LogP) is 4.27. The van der Waals surface area contributed by atoms with Gasteiger partial charge in [-0.1, -0.05) is 39.8 Å². The normalized spacial score (nSPS) is 13.2. The van der Waals surface area contributed by atoms with Crippen LogP contribution in [0.25, 0.3) is 10.9 Å². The molecule has 0 aliphatic heterocycles. The van der Waals surface area contributed by atoms with Crippen molar-refractivity contribution in [2.75, 3.05) is 0 Å². The molecule has 2 nitrogen and oxygen atoms in total. The van der Waals surface area contributed by atoms with E-state index >= 15 is 0 Å². The van der Waals surface area contributed by atoms with Crippen molar-refractivity contribution in [1.82, 2.24) is 9.97 Å². The number of aromatic nitrogens is 2. The molecule has 2 heteroatoms. The number of fused-ring (bicyclic) bond motifs is 1. The Kier molecular flexibility index (Phi) is 3.41. The van der Waals surface area contributed by atoms with Crippen LogP contribution in [0.1, 0.15) is 57.1 Å². The summed E-state index contributed by atoms with van der Waals surface area (Å²) in [5, 5.41) is 1.22. The molecule has 90 valence electrons. The summed E-state index contributed by atoms with van der Waals surface area (Å²) >= 11 is 0. The highest BCUT2D eigenvalue weighted by molar-refractivity contribution is 5.85. The molecule has 0 aliphatic carbocycles. The van der Waals surface area contributed by atoms with Crippen LogP contribution in [0.5, 0.6) is 0 Å². The van der Waals surface area contributed by atoms with Gasteiger partial charge in [-0.25, -0.2) is 9.97 Å². The standard InChI is InChI=1S/C15H20N2/c1-5-11(4)13-7-6-12(10(2)3)15-14(13)8-16-9-17-15/h6-11H,5H2,1-4H3. The van der Waals surface area contributed by atoms with Gasteiger partial charge in [0, 0.05) is 11.6 Å². The maximum Gasteiger partial charge on any atom is 0.116 e. The fourth-order valence-electron chi connectivity index (χ4n) is 2.23. The van der Waals surface area contributed by atoms with E-state index in [0.717, 1.165) is 11.9 Å². The Labute approximate surface area is 103 Å². The van der Waals surface area contributed by atoms with Gasteiger partial charge in [-0.05, 0) is 29.4 Å². The minimum absolute atomic E-state index is 0.499. The fraction of sp³-hybridized carbons (Fsp3) is 0.467. The first-order valence-corrected chi connectivity index (χ1v) is 6.37. The quantitative estimate of drug-likeness (QED) is 0.784. The highest BCUT2D eigenvalue weighted by Crippen LogP contribution is 2.30. The molecular formula is C15H20N2. The Bertz CT molecular complexity index is 517. The zero-order valence-electron chi connectivity index (χ0n) is 11.1.